The number of aryl methyl sites for hydroxylation is 1. The second kappa shape index (κ2) is 8.19. The average Bonchev–Trinajstić information content (AvgIpc) is 3.40. The third-order valence-electron chi connectivity index (χ3n) is 5.92. The van der Waals surface area contributed by atoms with Crippen molar-refractivity contribution in [1.29, 1.82) is 0 Å². The van der Waals surface area contributed by atoms with Crippen molar-refractivity contribution in [2.45, 2.75) is 25.2 Å². The van der Waals surface area contributed by atoms with Gasteiger partial charge < -0.3 is 18.9 Å². The van der Waals surface area contributed by atoms with Gasteiger partial charge >= 0.3 is 0 Å². The Hall–Kier alpha value is -2.95. The van der Waals surface area contributed by atoms with Crippen LogP contribution in [0.5, 0.6) is 11.5 Å². The van der Waals surface area contributed by atoms with Gasteiger partial charge in [-0.3, -0.25) is 4.79 Å². The summed E-state index contributed by atoms with van der Waals surface area (Å²) in [5.41, 5.74) is 3.35. The molecule has 5 heteroatoms. The first-order valence-electron chi connectivity index (χ1n) is 10.2. The van der Waals surface area contributed by atoms with E-state index in [1.807, 2.05) is 29.2 Å². The maximum Gasteiger partial charge on any atom is 0.223 e. The van der Waals surface area contributed by atoms with E-state index in [0.717, 1.165) is 54.1 Å². The van der Waals surface area contributed by atoms with Crippen molar-refractivity contribution in [3.63, 3.8) is 0 Å². The number of fused-ring (bicyclic) bond motifs is 1. The van der Waals surface area contributed by atoms with Crippen molar-refractivity contribution < 1.29 is 14.3 Å². The first kappa shape index (κ1) is 19.4. The average molecular weight is 392 g/mol. The standard InChI is InChI=1S/C24H28N2O3/c1-25-16-22(20-8-4-5-9-23(20)25)21(15-24(27)26-10-6-7-11-26)17-12-18(28-2)14-19(13-17)29-3/h4-5,8-9,12-14,16,21H,6-7,10-11,15H2,1-3H3. The summed E-state index contributed by atoms with van der Waals surface area (Å²) in [7, 11) is 5.36. The lowest BCUT2D eigenvalue weighted by molar-refractivity contribution is -0.130. The lowest BCUT2D eigenvalue weighted by atomic mass is 9.87. The predicted molar refractivity (Wildman–Crippen MR) is 115 cm³/mol. The molecule has 0 bridgehead atoms. The third-order valence-corrected chi connectivity index (χ3v) is 5.92. The van der Waals surface area contributed by atoms with Gasteiger partial charge in [0.05, 0.1) is 14.2 Å². The molecule has 0 radical (unpaired) electrons. The second-order valence-electron chi connectivity index (χ2n) is 7.70. The number of methoxy groups -OCH3 is 2. The SMILES string of the molecule is COc1cc(OC)cc(C(CC(=O)N2CCCC2)c2cn(C)c3ccccc23)c1. The van der Waals surface area contributed by atoms with Crippen LogP contribution in [-0.4, -0.2) is 42.7 Å². The highest BCUT2D eigenvalue weighted by Gasteiger charge is 2.27. The molecule has 1 unspecified atom stereocenters. The summed E-state index contributed by atoms with van der Waals surface area (Å²) in [6.45, 7) is 1.73. The van der Waals surface area contributed by atoms with E-state index in [1.54, 1.807) is 14.2 Å². The molecule has 1 aliphatic heterocycles. The molecule has 2 heterocycles. The number of carbonyl (C=O) groups is 1. The Morgan fingerprint density at radius 2 is 1.69 bits per heavy atom. The quantitative estimate of drug-likeness (QED) is 0.627. The molecule has 2 aromatic carbocycles. The molecule has 1 atom stereocenters. The van der Waals surface area contributed by atoms with Crippen LogP contribution in [0.15, 0.2) is 48.7 Å². The fourth-order valence-corrected chi connectivity index (χ4v) is 4.36. The fourth-order valence-electron chi connectivity index (χ4n) is 4.36. The molecule has 0 spiro atoms. The van der Waals surface area contributed by atoms with Crippen molar-refractivity contribution in [2.24, 2.45) is 7.05 Å². The summed E-state index contributed by atoms with van der Waals surface area (Å²) in [6, 6.07) is 14.3. The Balaban J connectivity index is 1.82. The van der Waals surface area contributed by atoms with E-state index < -0.39 is 0 Å². The summed E-state index contributed by atoms with van der Waals surface area (Å²) in [6.07, 6.45) is 4.78. The van der Waals surface area contributed by atoms with E-state index in [4.69, 9.17) is 9.47 Å². The fraction of sp³-hybridized carbons (Fsp3) is 0.375. The number of likely N-dealkylation sites (tertiary alicyclic amines) is 1. The molecule has 152 valence electrons. The predicted octanol–water partition coefficient (Wildman–Crippen LogP) is 4.34. The summed E-state index contributed by atoms with van der Waals surface area (Å²) < 4.78 is 13.1. The number of aromatic nitrogens is 1. The van der Waals surface area contributed by atoms with Crippen LogP contribution in [0.2, 0.25) is 0 Å². The van der Waals surface area contributed by atoms with Crippen molar-refractivity contribution in [3.8, 4) is 11.5 Å². The zero-order valence-corrected chi connectivity index (χ0v) is 17.4. The van der Waals surface area contributed by atoms with Crippen LogP contribution in [0.25, 0.3) is 10.9 Å². The highest BCUT2D eigenvalue weighted by Crippen LogP contribution is 2.38. The van der Waals surface area contributed by atoms with Gasteiger partial charge in [-0.1, -0.05) is 18.2 Å². The Labute approximate surface area is 171 Å². The van der Waals surface area contributed by atoms with Crippen LogP contribution in [0, 0.1) is 0 Å². The summed E-state index contributed by atoms with van der Waals surface area (Å²) in [4.78, 5) is 15.1. The Bertz CT molecular complexity index is 996. The molecule has 4 rings (SSSR count). The smallest absolute Gasteiger partial charge is 0.223 e. The third kappa shape index (κ3) is 3.82. The molecule has 0 saturated carbocycles. The topological polar surface area (TPSA) is 43.7 Å². The second-order valence-corrected chi connectivity index (χ2v) is 7.70. The Morgan fingerprint density at radius 3 is 2.34 bits per heavy atom. The molecule has 0 N–H and O–H groups in total. The van der Waals surface area contributed by atoms with Gasteiger partial charge in [0, 0.05) is 55.6 Å². The van der Waals surface area contributed by atoms with Gasteiger partial charge in [0.15, 0.2) is 0 Å². The number of para-hydroxylation sites is 1. The van der Waals surface area contributed by atoms with Gasteiger partial charge in [-0.15, -0.1) is 0 Å². The van der Waals surface area contributed by atoms with Gasteiger partial charge in [-0.2, -0.15) is 0 Å². The lowest BCUT2D eigenvalue weighted by Gasteiger charge is -2.22. The Kier molecular flexibility index (Phi) is 5.47. The Morgan fingerprint density at radius 1 is 1.03 bits per heavy atom. The number of ether oxygens (including phenoxy) is 2. The summed E-state index contributed by atoms with van der Waals surface area (Å²) in [5.74, 6) is 1.61. The first-order valence-corrected chi connectivity index (χ1v) is 10.2. The molecule has 1 saturated heterocycles. The molecule has 1 fully saturated rings. The number of nitrogens with zero attached hydrogens (tertiary/aromatic N) is 2. The van der Waals surface area contributed by atoms with E-state index >= 15 is 0 Å². The highest BCUT2D eigenvalue weighted by molar-refractivity contribution is 5.86. The monoisotopic (exact) mass is 392 g/mol. The summed E-state index contributed by atoms with van der Waals surface area (Å²) >= 11 is 0. The van der Waals surface area contributed by atoms with Crippen molar-refractivity contribution >= 4 is 16.8 Å². The van der Waals surface area contributed by atoms with Gasteiger partial charge in [0.2, 0.25) is 5.91 Å². The van der Waals surface area contributed by atoms with Gasteiger partial charge in [-0.25, -0.2) is 0 Å². The van der Waals surface area contributed by atoms with Crippen LogP contribution in [-0.2, 0) is 11.8 Å². The van der Waals surface area contributed by atoms with Crippen molar-refractivity contribution in [1.82, 2.24) is 9.47 Å². The van der Waals surface area contributed by atoms with E-state index in [1.165, 1.54) is 5.39 Å². The van der Waals surface area contributed by atoms with Crippen LogP contribution in [0.3, 0.4) is 0 Å². The zero-order chi connectivity index (χ0) is 20.4. The maximum absolute atomic E-state index is 13.1. The number of carbonyl (C=O) groups excluding carboxylic acids is 1. The number of benzene rings is 2. The number of hydrogen-bond acceptors (Lipinski definition) is 3. The van der Waals surface area contributed by atoms with E-state index in [-0.39, 0.29) is 11.8 Å². The van der Waals surface area contributed by atoms with Crippen LogP contribution in [0.4, 0.5) is 0 Å². The van der Waals surface area contributed by atoms with E-state index in [2.05, 4.69) is 36.0 Å². The van der Waals surface area contributed by atoms with E-state index in [0.29, 0.717) is 6.42 Å². The highest BCUT2D eigenvalue weighted by atomic mass is 16.5. The molecule has 29 heavy (non-hydrogen) atoms. The lowest BCUT2D eigenvalue weighted by Crippen LogP contribution is -2.29. The summed E-state index contributed by atoms with van der Waals surface area (Å²) in [5, 5.41) is 1.18. The van der Waals surface area contributed by atoms with Crippen LogP contribution in [0.1, 0.15) is 36.3 Å². The molecule has 0 aliphatic carbocycles. The minimum Gasteiger partial charge on any atom is -0.497 e. The first-order chi connectivity index (χ1) is 14.1. The van der Waals surface area contributed by atoms with E-state index in [9.17, 15) is 4.79 Å². The van der Waals surface area contributed by atoms with Crippen LogP contribution < -0.4 is 9.47 Å². The minimum absolute atomic E-state index is 0.0711. The number of amides is 1. The molecule has 1 aliphatic rings. The largest absolute Gasteiger partial charge is 0.497 e. The zero-order valence-electron chi connectivity index (χ0n) is 17.4. The molecule has 1 aromatic heterocycles. The van der Waals surface area contributed by atoms with Crippen molar-refractivity contribution in [3.05, 3.63) is 59.8 Å². The number of rotatable bonds is 6. The van der Waals surface area contributed by atoms with Gasteiger partial charge in [-0.05, 0) is 42.2 Å². The maximum atomic E-state index is 13.1. The van der Waals surface area contributed by atoms with Crippen molar-refractivity contribution in [2.75, 3.05) is 27.3 Å². The molecule has 1 amide bonds. The molecular formula is C24H28N2O3. The molecule has 5 nitrogen and oxygen atoms in total. The normalized spacial score (nSPS) is 14.9. The number of hydrogen-bond donors (Lipinski definition) is 0. The van der Waals surface area contributed by atoms with Gasteiger partial charge in [0.25, 0.3) is 0 Å². The van der Waals surface area contributed by atoms with Crippen LogP contribution >= 0.6 is 0 Å². The molecular weight excluding hydrogens is 364 g/mol. The minimum atomic E-state index is -0.0711. The molecule has 3 aromatic rings. The van der Waals surface area contributed by atoms with Gasteiger partial charge in [0.1, 0.15) is 11.5 Å².